The lowest BCUT2D eigenvalue weighted by Crippen LogP contribution is -2.41. The number of sulfonamides is 1. The smallest absolute Gasteiger partial charge is 0.250 e. The molecule has 4 nitrogen and oxygen atoms in total. The summed E-state index contributed by atoms with van der Waals surface area (Å²) in [5.74, 6) is 0.107. The van der Waals surface area contributed by atoms with Crippen LogP contribution in [0.25, 0.3) is 0 Å². The Hall–Kier alpha value is -0.430. The summed E-state index contributed by atoms with van der Waals surface area (Å²) >= 11 is 1.23. The Morgan fingerprint density at radius 1 is 1.47 bits per heavy atom. The van der Waals surface area contributed by atoms with Crippen LogP contribution in [0.3, 0.4) is 0 Å². The molecule has 0 aliphatic heterocycles. The monoisotopic (exact) mass is 277 g/mol. The van der Waals surface area contributed by atoms with Gasteiger partial charge >= 0.3 is 0 Å². The molecule has 2 atom stereocenters. The second-order valence-corrected chi connectivity index (χ2v) is 7.39. The quantitative estimate of drug-likeness (QED) is 0.832. The molecule has 0 fully saturated rings. The van der Waals surface area contributed by atoms with Crippen molar-refractivity contribution in [2.45, 2.75) is 37.4 Å². The van der Waals surface area contributed by atoms with Crippen LogP contribution in [0.5, 0.6) is 0 Å². The molecule has 1 rings (SSSR count). The molecule has 0 saturated heterocycles. The van der Waals surface area contributed by atoms with E-state index in [4.69, 9.17) is 0 Å². The van der Waals surface area contributed by atoms with Crippen LogP contribution in [0.4, 0.5) is 0 Å². The lowest BCUT2D eigenvalue weighted by atomic mass is 10.0. The first kappa shape index (κ1) is 14.6. The number of hydrogen-bond acceptors (Lipinski definition) is 4. The minimum Gasteiger partial charge on any atom is -0.395 e. The maximum atomic E-state index is 12.0. The number of aliphatic hydroxyl groups is 1. The van der Waals surface area contributed by atoms with Gasteiger partial charge in [0.2, 0.25) is 10.0 Å². The summed E-state index contributed by atoms with van der Waals surface area (Å²) in [4.78, 5) is 0.953. The van der Waals surface area contributed by atoms with E-state index < -0.39 is 16.1 Å². The van der Waals surface area contributed by atoms with Gasteiger partial charge in [-0.2, -0.15) is 0 Å². The standard InChI is InChI=1S/C11H19NO3S2/c1-4-8(2)10(7-13)12-17(14,15)11-6-5-9(3)16-11/h5-6,8,10,12-13H,4,7H2,1-3H3/t8?,10-/m1/s1. The zero-order chi connectivity index (χ0) is 13.1. The van der Waals surface area contributed by atoms with Crippen molar-refractivity contribution in [2.75, 3.05) is 6.61 Å². The summed E-state index contributed by atoms with van der Waals surface area (Å²) in [7, 11) is -3.50. The van der Waals surface area contributed by atoms with E-state index in [2.05, 4.69) is 4.72 Å². The van der Waals surface area contributed by atoms with Crippen molar-refractivity contribution in [1.29, 1.82) is 0 Å². The average Bonchev–Trinajstić information content (AvgIpc) is 2.72. The van der Waals surface area contributed by atoms with Crippen LogP contribution in [0.2, 0.25) is 0 Å². The molecule has 1 unspecified atom stereocenters. The Morgan fingerprint density at radius 2 is 2.12 bits per heavy atom. The van der Waals surface area contributed by atoms with E-state index in [-0.39, 0.29) is 12.5 Å². The van der Waals surface area contributed by atoms with E-state index >= 15 is 0 Å². The van der Waals surface area contributed by atoms with Crippen LogP contribution in [-0.2, 0) is 10.0 Å². The van der Waals surface area contributed by atoms with E-state index in [0.29, 0.717) is 4.21 Å². The van der Waals surface area contributed by atoms with Crippen LogP contribution in [0.1, 0.15) is 25.1 Å². The molecule has 0 aliphatic rings. The van der Waals surface area contributed by atoms with Gasteiger partial charge in [0.1, 0.15) is 4.21 Å². The lowest BCUT2D eigenvalue weighted by molar-refractivity contribution is 0.219. The predicted molar refractivity (Wildman–Crippen MR) is 69.7 cm³/mol. The lowest BCUT2D eigenvalue weighted by Gasteiger charge is -2.21. The SMILES string of the molecule is CCC(C)[C@@H](CO)NS(=O)(=O)c1ccc(C)s1. The molecule has 1 heterocycles. The maximum absolute atomic E-state index is 12.0. The fraction of sp³-hybridized carbons (Fsp3) is 0.636. The predicted octanol–water partition coefficient (Wildman–Crippen LogP) is 1.74. The third kappa shape index (κ3) is 3.77. The number of thiophene rings is 1. The summed E-state index contributed by atoms with van der Waals surface area (Å²) in [5, 5.41) is 9.22. The first-order chi connectivity index (χ1) is 7.90. The van der Waals surface area contributed by atoms with Gasteiger partial charge in [-0.3, -0.25) is 0 Å². The number of aliphatic hydroxyl groups excluding tert-OH is 1. The van der Waals surface area contributed by atoms with Crippen molar-refractivity contribution in [3.05, 3.63) is 17.0 Å². The zero-order valence-electron chi connectivity index (χ0n) is 10.3. The van der Waals surface area contributed by atoms with Crippen LogP contribution in [-0.4, -0.2) is 26.2 Å². The molecule has 17 heavy (non-hydrogen) atoms. The summed E-state index contributed by atoms with van der Waals surface area (Å²) in [6, 6.07) is 2.94. The minimum absolute atomic E-state index is 0.107. The van der Waals surface area contributed by atoms with Crippen molar-refractivity contribution in [3.8, 4) is 0 Å². The molecule has 0 aliphatic carbocycles. The third-order valence-corrected chi connectivity index (χ3v) is 5.80. The van der Waals surface area contributed by atoms with Gasteiger partial charge in [0, 0.05) is 10.9 Å². The first-order valence-electron chi connectivity index (χ1n) is 5.60. The van der Waals surface area contributed by atoms with Crippen LogP contribution >= 0.6 is 11.3 Å². The van der Waals surface area contributed by atoms with Gasteiger partial charge in [-0.15, -0.1) is 11.3 Å². The van der Waals surface area contributed by atoms with Crippen molar-refractivity contribution in [2.24, 2.45) is 5.92 Å². The Labute approximate surface area is 107 Å². The van der Waals surface area contributed by atoms with Gasteiger partial charge in [-0.25, -0.2) is 13.1 Å². The molecule has 1 aromatic heterocycles. The molecule has 0 saturated carbocycles. The maximum Gasteiger partial charge on any atom is 0.250 e. The second-order valence-electron chi connectivity index (χ2n) is 4.16. The second kappa shape index (κ2) is 5.95. The highest BCUT2D eigenvalue weighted by Gasteiger charge is 2.24. The largest absolute Gasteiger partial charge is 0.395 e. The number of hydrogen-bond donors (Lipinski definition) is 2. The van der Waals surface area contributed by atoms with Crippen molar-refractivity contribution in [1.82, 2.24) is 4.72 Å². The number of aryl methyl sites for hydroxylation is 1. The van der Waals surface area contributed by atoms with Gasteiger partial charge in [0.15, 0.2) is 0 Å². The normalized spacial score (nSPS) is 15.8. The van der Waals surface area contributed by atoms with E-state index in [1.165, 1.54) is 11.3 Å². The molecule has 0 aromatic carbocycles. The van der Waals surface area contributed by atoms with E-state index in [0.717, 1.165) is 11.3 Å². The topological polar surface area (TPSA) is 66.4 Å². The van der Waals surface area contributed by atoms with Gasteiger partial charge in [-0.1, -0.05) is 20.3 Å². The number of rotatable bonds is 6. The van der Waals surface area contributed by atoms with Crippen molar-refractivity contribution >= 4 is 21.4 Å². The van der Waals surface area contributed by atoms with E-state index in [1.807, 2.05) is 20.8 Å². The molecule has 0 spiro atoms. The molecule has 0 bridgehead atoms. The van der Waals surface area contributed by atoms with E-state index in [1.54, 1.807) is 12.1 Å². The van der Waals surface area contributed by atoms with Crippen molar-refractivity contribution < 1.29 is 13.5 Å². The Balaban J connectivity index is 2.85. The Kier molecular flexibility index (Phi) is 5.12. The first-order valence-corrected chi connectivity index (χ1v) is 7.90. The minimum atomic E-state index is -3.50. The van der Waals surface area contributed by atoms with Gasteiger partial charge in [0.05, 0.1) is 6.61 Å². The average molecular weight is 277 g/mol. The molecule has 6 heteroatoms. The molecule has 0 amide bonds. The summed E-state index contributed by atoms with van der Waals surface area (Å²) < 4.78 is 26.9. The molecular formula is C11H19NO3S2. The zero-order valence-corrected chi connectivity index (χ0v) is 11.9. The highest BCUT2D eigenvalue weighted by atomic mass is 32.2. The van der Waals surface area contributed by atoms with Gasteiger partial charge < -0.3 is 5.11 Å². The molecule has 98 valence electrons. The Morgan fingerprint density at radius 3 is 2.53 bits per heavy atom. The summed E-state index contributed by atoms with van der Waals surface area (Å²) in [6.45, 7) is 5.57. The van der Waals surface area contributed by atoms with Crippen LogP contribution < -0.4 is 4.72 Å². The molecule has 0 radical (unpaired) electrons. The fourth-order valence-corrected chi connectivity index (χ4v) is 4.07. The summed E-state index contributed by atoms with van der Waals surface area (Å²) in [6.07, 6.45) is 0.817. The fourth-order valence-electron chi connectivity index (χ4n) is 1.43. The van der Waals surface area contributed by atoms with E-state index in [9.17, 15) is 13.5 Å². The summed E-state index contributed by atoms with van der Waals surface area (Å²) in [5.41, 5.74) is 0. The molecule has 2 N–H and O–H groups in total. The number of nitrogens with one attached hydrogen (secondary N) is 1. The molecular weight excluding hydrogens is 258 g/mol. The van der Waals surface area contributed by atoms with Gasteiger partial charge in [-0.05, 0) is 25.0 Å². The Bertz CT molecular complexity index is 453. The third-order valence-electron chi connectivity index (χ3n) is 2.81. The highest BCUT2D eigenvalue weighted by molar-refractivity contribution is 7.91. The van der Waals surface area contributed by atoms with Gasteiger partial charge in [0.25, 0.3) is 0 Å². The van der Waals surface area contributed by atoms with Crippen molar-refractivity contribution in [3.63, 3.8) is 0 Å². The highest BCUT2D eigenvalue weighted by Crippen LogP contribution is 2.21. The van der Waals surface area contributed by atoms with Crippen LogP contribution in [0.15, 0.2) is 16.3 Å². The molecule has 1 aromatic rings. The van der Waals surface area contributed by atoms with Crippen LogP contribution in [0, 0.1) is 12.8 Å².